The Hall–Kier alpha value is -3.85. The molecule has 0 spiro atoms. The van der Waals surface area contributed by atoms with Crippen LogP contribution < -0.4 is 16.2 Å². The second kappa shape index (κ2) is 9.11. The van der Waals surface area contributed by atoms with Gasteiger partial charge in [0.1, 0.15) is 18.5 Å². The highest BCUT2D eigenvalue weighted by Crippen LogP contribution is 2.21. The third-order valence-electron chi connectivity index (χ3n) is 5.23. The Morgan fingerprint density at radius 3 is 2.72 bits per heavy atom. The molecule has 3 amide bonds. The van der Waals surface area contributed by atoms with Gasteiger partial charge in [0, 0.05) is 12.1 Å². The van der Waals surface area contributed by atoms with E-state index in [0.29, 0.717) is 23.6 Å². The van der Waals surface area contributed by atoms with Gasteiger partial charge in [0.25, 0.3) is 5.56 Å². The highest BCUT2D eigenvalue weighted by atomic mass is 16.5. The molecule has 9 heteroatoms. The van der Waals surface area contributed by atoms with Crippen LogP contribution in [0.2, 0.25) is 0 Å². The number of nitrogens with zero attached hydrogens (tertiary/aromatic N) is 2. The molecular formula is C23H22N4O5. The van der Waals surface area contributed by atoms with Gasteiger partial charge in [-0.25, -0.2) is 4.98 Å². The first-order valence-corrected chi connectivity index (χ1v) is 10.2. The number of nitrogens with one attached hydrogen (secondary N) is 2. The fourth-order valence-electron chi connectivity index (χ4n) is 3.72. The van der Waals surface area contributed by atoms with Crippen molar-refractivity contribution in [3.8, 4) is 0 Å². The molecule has 4 rings (SSSR count). The predicted molar refractivity (Wildman–Crippen MR) is 117 cm³/mol. The maximum atomic E-state index is 13.2. The third kappa shape index (κ3) is 4.57. The summed E-state index contributed by atoms with van der Waals surface area (Å²) in [7, 11) is 0. The van der Waals surface area contributed by atoms with E-state index < -0.39 is 17.5 Å². The minimum absolute atomic E-state index is 0.139. The lowest BCUT2D eigenvalue weighted by Gasteiger charge is -2.24. The molecule has 0 aliphatic carbocycles. The van der Waals surface area contributed by atoms with E-state index in [1.165, 1.54) is 10.6 Å². The van der Waals surface area contributed by atoms with E-state index in [9.17, 15) is 19.2 Å². The first-order valence-electron chi connectivity index (χ1n) is 10.2. The molecule has 1 fully saturated rings. The lowest BCUT2D eigenvalue weighted by molar-refractivity contribution is -0.135. The van der Waals surface area contributed by atoms with Crippen LogP contribution in [0.4, 0.5) is 5.69 Å². The van der Waals surface area contributed by atoms with E-state index >= 15 is 0 Å². The smallest absolute Gasteiger partial charge is 0.262 e. The molecule has 2 heterocycles. The summed E-state index contributed by atoms with van der Waals surface area (Å²) in [6, 6.07) is 13.5. The zero-order valence-corrected chi connectivity index (χ0v) is 17.5. The van der Waals surface area contributed by atoms with Crippen molar-refractivity contribution in [3.63, 3.8) is 0 Å². The Kier molecular flexibility index (Phi) is 6.09. The number of aromatic nitrogens is 2. The van der Waals surface area contributed by atoms with Crippen LogP contribution in [0.15, 0.2) is 53.3 Å². The molecule has 2 N–H and O–H groups in total. The Bertz CT molecular complexity index is 1250. The number of fused-ring (bicyclic) bond motifs is 1. The van der Waals surface area contributed by atoms with Crippen molar-refractivity contribution in [2.45, 2.75) is 32.4 Å². The molecule has 1 saturated heterocycles. The molecule has 1 aliphatic heterocycles. The number of anilines is 1. The highest BCUT2D eigenvalue weighted by molar-refractivity contribution is 5.99. The predicted octanol–water partition coefficient (Wildman–Crippen LogP) is 1.84. The minimum atomic E-state index is -0.804. The lowest BCUT2D eigenvalue weighted by atomic mass is 10.1. The van der Waals surface area contributed by atoms with Crippen LogP contribution in [0.1, 0.15) is 30.3 Å². The Morgan fingerprint density at radius 2 is 1.97 bits per heavy atom. The molecule has 0 bridgehead atoms. The fraction of sp³-hybridized carbons (Fsp3) is 0.261. The molecule has 1 unspecified atom stereocenters. The Labute approximate surface area is 183 Å². The number of piperidine rings is 1. The average molecular weight is 434 g/mol. The summed E-state index contributed by atoms with van der Waals surface area (Å²) in [4.78, 5) is 53.6. The van der Waals surface area contributed by atoms with Gasteiger partial charge in [-0.2, -0.15) is 0 Å². The van der Waals surface area contributed by atoms with Gasteiger partial charge in [0.05, 0.1) is 17.5 Å². The largest absolute Gasteiger partial charge is 0.367 e. The zero-order valence-electron chi connectivity index (χ0n) is 17.5. The molecule has 1 aliphatic rings. The number of hydrogen-bond donors (Lipinski definition) is 2. The fourth-order valence-corrected chi connectivity index (χ4v) is 3.72. The number of carbonyl (C=O) groups excluding carboxylic acids is 3. The number of amides is 3. The molecule has 1 aromatic heterocycles. The first kappa shape index (κ1) is 21.4. The average Bonchev–Trinajstić information content (AvgIpc) is 2.76. The second-order valence-electron chi connectivity index (χ2n) is 7.56. The van der Waals surface area contributed by atoms with Crippen LogP contribution >= 0.6 is 0 Å². The van der Waals surface area contributed by atoms with Crippen LogP contribution in [0.25, 0.3) is 10.9 Å². The summed E-state index contributed by atoms with van der Waals surface area (Å²) in [6.07, 6.45) is 0.382. The second-order valence-corrected chi connectivity index (χ2v) is 7.56. The minimum Gasteiger partial charge on any atom is -0.367 e. The van der Waals surface area contributed by atoms with Crippen LogP contribution in [0, 0.1) is 6.92 Å². The number of imide groups is 1. The van der Waals surface area contributed by atoms with E-state index in [-0.39, 0.29) is 36.6 Å². The zero-order chi connectivity index (χ0) is 22.7. The van der Waals surface area contributed by atoms with Crippen LogP contribution in [-0.2, 0) is 25.7 Å². The summed E-state index contributed by atoms with van der Waals surface area (Å²) in [5, 5.41) is 5.24. The summed E-state index contributed by atoms with van der Waals surface area (Å²) in [5.74, 6) is -0.855. The standard InChI is InChI=1S/C23H22N4O5/c1-14-24-18-8-7-16(25-21(29)13-32-12-15-5-3-2-4-6-15)11-17(18)23(31)27(14)19-9-10-20(28)26-22(19)30/h2-8,11,19H,9-10,12-13H2,1H3,(H,25,29)(H,26,28,30). The molecule has 164 valence electrons. The molecule has 32 heavy (non-hydrogen) atoms. The van der Waals surface area contributed by atoms with Gasteiger partial charge >= 0.3 is 0 Å². The van der Waals surface area contributed by atoms with E-state index in [0.717, 1.165) is 5.56 Å². The summed E-state index contributed by atoms with van der Waals surface area (Å²) in [6.45, 7) is 1.82. The summed E-state index contributed by atoms with van der Waals surface area (Å²) >= 11 is 0. The molecule has 0 saturated carbocycles. The number of carbonyl (C=O) groups is 3. The maximum Gasteiger partial charge on any atom is 0.262 e. The van der Waals surface area contributed by atoms with Gasteiger partial charge in [-0.3, -0.25) is 29.1 Å². The topological polar surface area (TPSA) is 119 Å². The normalized spacial score (nSPS) is 16.1. The van der Waals surface area contributed by atoms with Crippen LogP contribution in [0.3, 0.4) is 0 Å². The SMILES string of the molecule is Cc1nc2ccc(NC(=O)COCc3ccccc3)cc2c(=O)n1C1CCC(=O)NC1=O. The Morgan fingerprint density at radius 1 is 1.19 bits per heavy atom. The van der Waals surface area contributed by atoms with E-state index in [4.69, 9.17) is 4.74 Å². The maximum absolute atomic E-state index is 13.2. The van der Waals surface area contributed by atoms with Crippen molar-refractivity contribution in [1.29, 1.82) is 0 Å². The van der Waals surface area contributed by atoms with Gasteiger partial charge in [-0.05, 0) is 37.1 Å². The van der Waals surface area contributed by atoms with Gasteiger partial charge < -0.3 is 10.1 Å². The number of rotatable bonds is 6. The molecule has 9 nitrogen and oxygen atoms in total. The van der Waals surface area contributed by atoms with E-state index in [2.05, 4.69) is 15.6 Å². The Balaban J connectivity index is 1.51. The van der Waals surface area contributed by atoms with Crippen LogP contribution in [0.5, 0.6) is 0 Å². The van der Waals surface area contributed by atoms with Gasteiger partial charge in [0.2, 0.25) is 17.7 Å². The van der Waals surface area contributed by atoms with Crippen LogP contribution in [-0.4, -0.2) is 33.9 Å². The van der Waals surface area contributed by atoms with Crippen molar-refractivity contribution in [3.05, 3.63) is 70.3 Å². The first-order chi connectivity index (χ1) is 15.4. The molecule has 1 atom stereocenters. The summed E-state index contributed by atoms with van der Waals surface area (Å²) in [5.41, 5.74) is 1.43. The van der Waals surface area contributed by atoms with Crippen molar-refractivity contribution < 1.29 is 19.1 Å². The van der Waals surface area contributed by atoms with Crippen molar-refractivity contribution >= 4 is 34.3 Å². The van der Waals surface area contributed by atoms with Crippen molar-refractivity contribution in [1.82, 2.24) is 14.9 Å². The molecule has 0 radical (unpaired) electrons. The number of aryl methyl sites for hydroxylation is 1. The number of benzene rings is 2. The lowest BCUT2D eigenvalue weighted by Crippen LogP contribution is -2.45. The molecule has 2 aromatic carbocycles. The quantitative estimate of drug-likeness (QED) is 0.572. The highest BCUT2D eigenvalue weighted by Gasteiger charge is 2.30. The van der Waals surface area contributed by atoms with Gasteiger partial charge in [-0.15, -0.1) is 0 Å². The van der Waals surface area contributed by atoms with Crippen molar-refractivity contribution in [2.75, 3.05) is 11.9 Å². The van der Waals surface area contributed by atoms with E-state index in [1.54, 1.807) is 19.1 Å². The third-order valence-corrected chi connectivity index (χ3v) is 5.23. The summed E-state index contributed by atoms with van der Waals surface area (Å²) < 4.78 is 6.74. The number of hydrogen-bond acceptors (Lipinski definition) is 6. The van der Waals surface area contributed by atoms with Gasteiger partial charge in [0.15, 0.2) is 0 Å². The van der Waals surface area contributed by atoms with E-state index in [1.807, 2.05) is 30.3 Å². The van der Waals surface area contributed by atoms with Gasteiger partial charge in [-0.1, -0.05) is 30.3 Å². The van der Waals surface area contributed by atoms with Crippen molar-refractivity contribution in [2.24, 2.45) is 0 Å². The monoisotopic (exact) mass is 434 g/mol. The molecular weight excluding hydrogens is 412 g/mol. The number of ether oxygens (including phenoxy) is 1. The molecule has 3 aromatic rings.